The molecule has 1 amide bonds. The van der Waals surface area contributed by atoms with Crippen molar-refractivity contribution in [3.63, 3.8) is 0 Å². The normalized spacial score (nSPS) is 19.8. The van der Waals surface area contributed by atoms with E-state index in [1.807, 2.05) is 13.1 Å². The summed E-state index contributed by atoms with van der Waals surface area (Å²) < 4.78 is 0. The van der Waals surface area contributed by atoms with Crippen LogP contribution >= 0.6 is 0 Å². The minimum absolute atomic E-state index is 0.0429. The van der Waals surface area contributed by atoms with Gasteiger partial charge in [0.15, 0.2) is 0 Å². The van der Waals surface area contributed by atoms with Gasteiger partial charge in [-0.2, -0.15) is 0 Å². The highest BCUT2D eigenvalue weighted by Gasteiger charge is 2.23. The molecule has 18 heavy (non-hydrogen) atoms. The van der Waals surface area contributed by atoms with Crippen molar-refractivity contribution in [1.29, 1.82) is 0 Å². The van der Waals surface area contributed by atoms with Gasteiger partial charge in [-0.3, -0.25) is 9.69 Å². The first-order valence-corrected chi connectivity index (χ1v) is 6.16. The zero-order chi connectivity index (χ0) is 13.0. The van der Waals surface area contributed by atoms with E-state index in [1.165, 1.54) is 0 Å². The topological polar surface area (TPSA) is 70.2 Å². The zero-order valence-electron chi connectivity index (χ0n) is 10.8. The van der Waals surface area contributed by atoms with Gasteiger partial charge in [-0.15, -0.1) is 0 Å². The van der Waals surface area contributed by atoms with Crippen molar-refractivity contribution in [2.45, 2.75) is 25.9 Å². The van der Waals surface area contributed by atoms with E-state index in [0.29, 0.717) is 5.95 Å². The summed E-state index contributed by atoms with van der Waals surface area (Å²) in [6.07, 6.45) is 2.76. The Labute approximate surface area is 107 Å². The Kier molecular flexibility index (Phi) is 4.09. The fourth-order valence-electron chi connectivity index (χ4n) is 2.22. The van der Waals surface area contributed by atoms with Gasteiger partial charge < -0.3 is 10.6 Å². The largest absolute Gasteiger partial charge is 0.357 e. The molecule has 0 aliphatic carbocycles. The number of carbonyl (C=O) groups excluding carboxylic acids is 1. The summed E-state index contributed by atoms with van der Waals surface area (Å²) >= 11 is 0. The summed E-state index contributed by atoms with van der Waals surface area (Å²) in [5.74, 6) is 0.687. The molecule has 2 rings (SSSR count). The number of anilines is 1. The highest BCUT2D eigenvalue weighted by Crippen LogP contribution is 2.12. The van der Waals surface area contributed by atoms with Crippen LogP contribution in [0.15, 0.2) is 12.3 Å². The second kappa shape index (κ2) is 5.77. The quantitative estimate of drug-likeness (QED) is 0.799. The lowest BCUT2D eigenvalue weighted by molar-refractivity contribution is -0.119. The van der Waals surface area contributed by atoms with Crippen LogP contribution in [0.4, 0.5) is 5.95 Å². The van der Waals surface area contributed by atoms with Crippen LogP contribution in [-0.2, 0) is 11.3 Å². The van der Waals surface area contributed by atoms with Crippen LogP contribution in [-0.4, -0.2) is 47.0 Å². The summed E-state index contributed by atoms with van der Waals surface area (Å²) in [5, 5.41) is 5.88. The van der Waals surface area contributed by atoms with Gasteiger partial charge in [0.05, 0.1) is 5.69 Å². The molecule has 1 fully saturated rings. The van der Waals surface area contributed by atoms with E-state index >= 15 is 0 Å². The van der Waals surface area contributed by atoms with E-state index in [9.17, 15) is 4.79 Å². The summed E-state index contributed by atoms with van der Waals surface area (Å²) in [7, 11) is 1.81. The van der Waals surface area contributed by atoms with Crippen LogP contribution in [0.1, 0.15) is 19.0 Å². The van der Waals surface area contributed by atoms with Gasteiger partial charge in [0.2, 0.25) is 11.9 Å². The van der Waals surface area contributed by atoms with Crippen LogP contribution in [0.2, 0.25) is 0 Å². The molecule has 6 heteroatoms. The van der Waals surface area contributed by atoms with Crippen LogP contribution in [0.25, 0.3) is 0 Å². The molecule has 2 N–H and O–H groups in total. The Bertz CT molecular complexity index is 423. The Balaban J connectivity index is 1.88. The predicted molar refractivity (Wildman–Crippen MR) is 69.1 cm³/mol. The third-order valence-electron chi connectivity index (χ3n) is 3.00. The van der Waals surface area contributed by atoms with Gasteiger partial charge in [-0.1, -0.05) is 0 Å². The Hall–Kier alpha value is -1.69. The third kappa shape index (κ3) is 3.40. The number of carbonyl (C=O) groups is 1. The lowest BCUT2D eigenvalue weighted by Gasteiger charge is -2.16. The van der Waals surface area contributed by atoms with E-state index in [4.69, 9.17) is 0 Å². The number of nitrogens with one attached hydrogen (secondary N) is 2. The monoisotopic (exact) mass is 249 g/mol. The standard InChI is InChI=1S/C12H19N5O/c1-9(18)15-11-4-6-17(8-11)7-10-3-5-14-12(13-2)16-10/h3,5,11H,4,6-8H2,1-2H3,(H,15,18)(H,13,14,16). The van der Waals surface area contributed by atoms with Crippen molar-refractivity contribution in [3.05, 3.63) is 18.0 Å². The maximum atomic E-state index is 11.0. The van der Waals surface area contributed by atoms with Gasteiger partial charge in [-0.05, 0) is 12.5 Å². The van der Waals surface area contributed by atoms with Crippen LogP contribution < -0.4 is 10.6 Å². The molecule has 0 bridgehead atoms. The summed E-state index contributed by atoms with van der Waals surface area (Å²) in [5.41, 5.74) is 0.998. The lowest BCUT2D eigenvalue weighted by Crippen LogP contribution is -2.35. The molecule has 98 valence electrons. The van der Waals surface area contributed by atoms with Gasteiger partial charge in [0.25, 0.3) is 0 Å². The zero-order valence-corrected chi connectivity index (χ0v) is 10.8. The summed E-state index contributed by atoms with van der Waals surface area (Å²) in [6, 6.07) is 2.19. The first-order chi connectivity index (χ1) is 8.67. The number of hydrogen-bond acceptors (Lipinski definition) is 5. The molecule has 0 aromatic carbocycles. The molecule has 0 radical (unpaired) electrons. The van der Waals surface area contributed by atoms with Crippen molar-refractivity contribution in [3.8, 4) is 0 Å². The van der Waals surface area contributed by atoms with Crippen molar-refractivity contribution in [1.82, 2.24) is 20.2 Å². The molecule has 1 unspecified atom stereocenters. The molecular formula is C12H19N5O. The molecule has 6 nitrogen and oxygen atoms in total. The molecule has 1 aromatic rings. The fraction of sp³-hybridized carbons (Fsp3) is 0.583. The Morgan fingerprint density at radius 1 is 1.61 bits per heavy atom. The molecule has 1 aliphatic rings. The fourth-order valence-corrected chi connectivity index (χ4v) is 2.22. The average Bonchev–Trinajstić information content (AvgIpc) is 2.76. The molecule has 2 heterocycles. The van der Waals surface area contributed by atoms with E-state index in [1.54, 1.807) is 13.1 Å². The van der Waals surface area contributed by atoms with E-state index in [0.717, 1.165) is 31.7 Å². The first-order valence-electron chi connectivity index (χ1n) is 6.16. The van der Waals surface area contributed by atoms with Crippen molar-refractivity contribution < 1.29 is 4.79 Å². The van der Waals surface area contributed by atoms with E-state index in [2.05, 4.69) is 25.5 Å². The Morgan fingerprint density at radius 3 is 3.17 bits per heavy atom. The molecule has 1 aliphatic heterocycles. The predicted octanol–water partition coefficient (Wildman–Crippen LogP) is 0.229. The summed E-state index contributed by atoms with van der Waals surface area (Å²) in [6.45, 7) is 4.24. The number of amides is 1. The number of aromatic nitrogens is 2. The molecular weight excluding hydrogens is 230 g/mol. The second-order valence-corrected chi connectivity index (χ2v) is 4.54. The number of rotatable bonds is 4. The minimum atomic E-state index is 0.0429. The van der Waals surface area contributed by atoms with Crippen molar-refractivity contribution in [2.75, 3.05) is 25.5 Å². The van der Waals surface area contributed by atoms with Crippen LogP contribution in [0.3, 0.4) is 0 Å². The maximum Gasteiger partial charge on any atom is 0.222 e. The van der Waals surface area contributed by atoms with Gasteiger partial charge in [-0.25, -0.2) is 9.97 Å². The van der Waals surface area contributed by atoms with Gasteiger partial charge in [0.1, 0.15) is 0 Å². The highest BCUT2D eigenvalue weighted by molar-refractivity contribution is 5.73. The number of hydrogen-bond donors (Lipinski definition) is 2. The van der Waals surface area contributed by atoms with Crippen LogP contribution in [0.5, 0.6) is 0 Å². The molecule has 1 saturated heterocycles. The minimum Gasteiger partial charge on any atom is -0.357 e. The average molecular weight is 249 g/mol. The van der Waals surface area contributed by atoms with Crippen LogP contribution in [0, 0.1) is 0 Å². The third-order valence-corrected chi connectivity index (χ3v) is 3.00. The smallest absolute Gasteiger partial charge is 0.222 e. The lowest BCUT2D eigenvalue weighted by atomic mass is 10.2. The van der Waals surface area contributed by atoms with E-state index in [-0.39, 0.29) is 11.9 Å². The summed E-state index contributed by atoms with van der Waals surface area (Å²) in [4.78, 5) is 21.8. The first kappa shape index (κ1) is 12.8. The molecule has 0 spiro atoms. The highest BCUT2D eigenvalue weighted by atomic mass is 16.1. The number of likely N-dealkylation sites (tertiary alicyclic amines) is 1. The van der Waals surface area contributed by atoms with Gasteiger partial charge >= 0.3 is 0 Å². The Morgan fingerprint density at radius 2 is 2.44 bits per heavy atom. The molecule has 1 aromatic heterocycles. The van der Waals surface area contributed by atoms with Gasteiger partial charge in [0, 0.05) is 45.8 Å². The molecule has 0 saturated carbocycles. The van der Waals surface area contributed by atoms with Crippen molar-refractivity contribution >= 4 is 11.9 Å². The second-order valence-electron chi connectivity index (χ2n) is 4.54. The molecule has 1 atom stereocenters. The number of nitrogens with zero attached hydrogens (tertiary/aromatic N) is 3. The van der Waals surface area contributed by atoms with Crippen molar-refractivity contribution in [2.24, 2.45) is 0 Å². The maximum absolute atomic E-state index is 11.0. The van der Waals surface area contributed by atoms with E-state index < -0.39 is 0 Å². The SMILES string of the molecule is CNc1nccc(CN2CCC(NC(C)=O)C2)n1.